The van der Waals surface area contributed by atoms with Crippen LogP contribution in [0.4, 0.5) is 0 Å². The van der Waals surface area contributed by atoms with Crippen molar-refractivity contribution in [3.8, 4) is 0 Å². The number of rotatable bonds is 6. The topological polar surface area (TPSA) is 15.3 Å². The van der Waals surface area contributed by atoms with Gasteiger partial charge in [0.2, 0.25) is 0 Å². The number of hydrogen-bond donors (Lipinski definition) is 1. The number of halogens is 1. The fourth-order valence-corrected chi connectivity index (χ4v) is 3.11. The van der Waals surface area contributed by atoms with Gasteiger partial charge in [0.05, 0.1) is 0 Å². The van der Waals surface area contributed by atoms with Crippen LogP contribution >= 0.6 is 15.9 Å². The Morgan fingerprint density at radius 1 is 1.26 bits per heavy atom. The minimum Gasteiger partial charge on any atom is -0.316 e. The maximum absolute atomic E-state index is 3.64. The number of nitrogens with one attached hydrogen (secondary N) is 1. The van der Waals surface area contributed by atoms with Crippen molar-refractivity contribution < 1.29 is 0 Å². The highest BCUT2D eigenvalue weighted by atomic mass is 79.9. The third-order valence-corrected chi connectivity index (χ3v) is 4.69. The molecule has 0 amide bonds. The molecule has 0 aliphatic carbocycles. The first-order valence-electron chi connectivity index (χ1n) is 7.46. The first-order valence-corrected chi connectivity index (χ1v) is 8.25. The molecule has 1 aromatic rings. The van der Waals surface area contributed by atoms with Gasteiger partial charge in [0.1, 0.15) is 0 Å². The Hall–Kier alpha value is -0.380. The molecule has 1 saturated heterocycles. The van der Waals surface area contributed by atoms with Gasteiger partial charge in [-0.2, -0.15) is 0 Å². The molecule has 3 heteroatoms. The maximum Gasteiger partial charge on any atom is 0.0244 e. The number of likely N-dealkylation sites (tertiary alicyclic amines) is 1. The quantitative estimate of drug-likeness (QED) is 0.803. The van der Waals surface area contributed by atoms with Crippen LogP contribution in [0.15, 0.2) is 28.7 Å². The van der Waals surface area contributed by atoms with Crippen molar-refractivity contribution in [2.75, 3.05) is 26.2 Å². The molecule has 0 spiro atoms. The summed E-state index contributed by atoms with van der Waals surface area (Å²) < 4.78 is 1.24. The van der Waals surface area contributed by atoms with E-state index in [1.165, 1.54) is 48.9 Å². The van der Waals surface area contributed by atoms with Gasteiger partial charge in [-0.05, 0) is 63.0 Å². The van der Waals surface area contributed by atoms with Gasteiger partial charge in [0, 0.05) is 11.0 Å². The van der Waals surface area contributed by atoms with Gasteiger partial charge in [0.15, 0.2) is 0 Å². The van der Waals surface area contributed by atoms with Crippen molar-refractivity contribution in [1.82, 2.24) is 10.2 Å². The lowest BCUT2D eigenvalue weighted by Gasteiger charge is -2.32. The number of nitrogens with zero attached hydrogens (tertiary/aromatic N) is 1. The van der Waals surface area contributed by atoms with Crippen LogP contribution in [0.5, 0.6) is 0 Å². The van der Waals surface area contributed by atoms with E-state index in [-0.39, 0.29) is 0 Å². The van der Waals surface area contributed by atoms with Crippen LogP contribution in [0.25, 0.3) is 0 Å². The molecule has 1 aromatic carbocycles. The average molecular weight is 325 g/mol. The summed E-state index contributed by atoms with van der Waals surface area (Å²) in [6.45, 7) is 8.15. The van der Waals surface area contributed by atoms with E-state index in [1.54, 1.807) is 0 Å². The summed E-state index contributed by atoms with van der Waals surface area (Å²) >= 11 is 3.64. The molecule has 106 valence electrons. The largest absolute Gasteiger partial charge is 0.316 e. The second-order valence-corrected chi connectivity index (χ2v) is 6.37. The van der Waals surface area contributed by atoms with Crippen LogP contribution in [-0.2, 0) is 6.54 Å². The van der Waals surface area contributed by atoms with Gasteiger partial charge in [-0.25, -0.2) is 0 Å². The predicted octanol–water partition coefficient (Wildman–Crippen LogP) is 3.66. The Morgan fingerprint density at radius 3 is 2.68 bits per heavy atom. The van der Waals surface area contributed by atoms with E-state index >= 15 is 0 Å². The van der Waals surface area contributed by atoms with Gasteiger partial charge in [0.25, 0.3) is 0 Å². The molecule has 1 aliphatic rings. The third kappa shape index (κ3) is 4.90. The van der Waals surface area contributed by atoms with E-state index in [9.17, 15) is 0 Å². The van der Waals surface area contributed by atoms with Crippen LogP contribution in [0.2, 0.25) is 0 Å². The fraction of sp³-hybridized carbons (Fsp3) is 0.625. The molecule has 0 saturated carbocycles. The van der Waals surface area contributed by atoms with E-state index in [0.717, 1.165) is 19.0 Å². The molecule has 1 aliphatic heterocycles. The van der Waals surface area contributed by atoms with Crippen molar-refractivity contribution >= 4 is 15.9 Å². The zero-order valence-corrected chi connectivity index (χ0v) is 13.5. The molecule has 2 rings (SSSR count). The Labute approximate surface area is 125 Å². The first kappa shape index (κ1) is 15.0. The van der Waals surface area contributed by atoms with Crippen molar-refractivity contribution in [2.45, 2.75) is 32.7 Å². The van der Waals surface area contributed by atoms with Crippen molar-refractivity contribution in [3.05, 3.63) is 34.3 Å². The lowest BCUT2D eigenvalue weighted by atomic mass is 9.96. The molecular formula is C16H25BrN2. The minimum atomic E-state index is 0.877. The molecule has 1 fully saturated rings. The summed E-state index contributed by atoms with van der Waals surface area (Å²) in [5.74, 6) is 0.877. The zero-order valence-electron chi connectivity index (χ0n) is 11.9. The Balaban J connectivity index is 1.73. The molecule has 19 heavy (non-hydrogen) atoms. The summed E-state index contributed by atoms with van der Waals surface area (Å²) in [6, 6.07) is 8.57. The summed E-state index contributed by atoms with van der Waals surface area (Å²) in [6.07, 6.45) is 3.91. The van der Waals surface area contributed by atoms with Crippen LogP contribution in [0, 0.1) is 5.92 Å². The molecule has 1 N–H and O–H groups in total. The monoisotopic (exact) mass is 324 g/mol. The van der Waals surface area contributed by atoms with Gasteiger partial charge in [-0.15, -0.1) is 0 Å². The van der Waals surface area contributed by atoms with Gasteiger partial charge >= 0.3 is 0 Å². The lowest BCUT2D eigenvalue weighted by Crippen LogP contribution is -2.37. The third-order valence-electron chi connectivity index (χ3n) is 3.92. The Kier molecular flexibility index (Phi) is 6.35. The maximum atomic E-state index is 3.64. The second-order valence-electron chi connectivity index (χ2n) is 5.52. The highest BCUT2D eigenvalue weighted by Gasteiger charge is 2.19. The fourth-order valence-electron chi connectivity index (χ4n) is 2.70. The average Bonchev–Trinajstić information content (AvgIpc) is 2.44. The molecule has 0 atom stereocenters. The zero-order chi connectivity index (χ0) is 13.5. The van der Waals surface area contributed by atoms with E-state index in [4.69, 9.17) is 0 Å². The lowest BCUT2D eigenvalue weighted by molar-refractivity contribution is 0.175. The van der Waals surface area contributed by atoms with Gasteiger partial charge < -0.3 is 5.32 Å². The second kappa shape index (κ2) is 8.03. The molecule has 0 aromatic heterocycles. The summed E-state index contributed by atoms with van der Waals surface area (Å²) in [7, 11) is 0. The molecule has 2 nitrogen and oxygen atoms in total. The number of benzene rings is 1. The van der Waals surface area contributed by atoms with E-state index < -0.39 is 0 Å². The molecule has 0 unspecified atom stereocenters. The summed E-state index contributed by atoms with van der Waals surface area (Å²) in [5, 5.41) is 3.55. The standard InChI is InChI=1S/C16H25BrN2/c1-2-9-18-12-14-7-10-19(11-8-14)13-15-5-3-4-6-16(15)17/h3-6,14,18H,2,7-13H2,1H3. The molecule has 1 heterocycles. The molecular weight excluding hydrogens is 300 g/mol. The smallest absolute Gasteiger partial charge is 0.0244 e. The first-order chi connectivity index (χ1) is 9.29. The molecule has 0 radical (unpaired) electrons. The van der Waals surface area contributed by atoms with Crippen LogP contribution < -0.4 is 5.32 Å². The van der Waals surface area contributed by atoms with Crippen LogP contribution in [0.3, 0.4) is 0 Å². The Morgan fingerprint density at radius 2 is 2.00 bits per heavy atom. The summed E-state index contributed by atoms with van der Waals surface area (Å²) in [4.78, 5) is 2.58. The van der Waals surface area contributed by atoms with Gasteiger partial charge in [-0.3, -0.25) is 4.90 Å². The van der Waals surface area contributed by atoms with Gasteiger partial charge in [-0.1, -0.05) is 41.1 Å². The highest BCUT2D eigenvalue weighted by molar-refractivity contribution is 9.10. The number of hydrogen-bond acceptors (Lipinski definition) is 2. The SMILES string of the molecule is CCCNCC1CCN(Cc2ccccc2Br)CC1. The van der Waals surface area contributed by atoms with E-state index in [1.807, 2.05) is 0 Å². The molecule has 0 bridgehead atoms. The van der Waals surface area contributed by atoms with Crippen LogP contribution in [0.1, 0.15) is 31.7 Å². The van der Waals surface area contributed by atoms with Crippen molar-refractivity contribution in [1.29, 1.82) is 0 Å². The van der Waals surface area contributed by atoms with Crippen LogP contribution in [-0.4, -0.2) is 31.1 Å². The van der Waals surface area contributed by atoms with E-state index in [0.29, 0.717) is 0 Å². The normalized spacial score (nSPS) is 17.8. The highest BCUT2D eigenvalue weighted by Crippen LogP contribution is 2.22. The van der Waals surface area contributed by atoms with Crippen molar-refractivity contribution in [2.24, 2.45) is 5.92 Å². The van der Waals surface area contributed by atoms with E-state index in [2.05, 4.69) is 57.3 Å². The number of piperidine rings is 1. The summed E-state index contributed by atoms with van der Waals surface area (Å²) in [5.41, 5.74) is 1.41. The van der Waals surface area contributed by atoms with Crippen molar-refractivity contribution in [3.63, 3.8) is 0 Å². The Bertz CT molecular complexity index is 373. The minimum absolute atomic E-state index is 0.877. The predicted molar refractivity (Wildman–Crippen MR) is 85.3 cm³/mol.